The Kier molecular flexibility index (Phi) is 4.09. The number of phenolic OH excluding ortho intramolecular Hbond substituents is 1. The average Bonchev–Trinajstić information content (AvgIpc) is 2.92. The number of aromatic hydroxyl groups is 1. The average molecular weight is 282 g/mol. The number of furan rings is 1. The molecule has 0 bridgehead atoms. The molecule has 100 valence electrons. The number of hydrogen-bond donors (Lipinski definition) is 3. The van der Waals surface area contributed by atoms with E-state index in [1.54, 1.807) is 12.1 Å². The van der Waals surface area contributed by atoms with Crippen molar-refractivity contribution in [3.8, 4) is 5.75 Å². The molecule has 6 heteroatoms. The van der Waals surface area contributed by atoms with Crippen LogP contribution in [0.5, 0.6) is 5.75 Å². The minimum absolute atomic E-state index is 0.0295. The monoisotopic (exact) mass is 281 g/mol. The van der Waals surface area contributed by atoms with E-state index in [2.05, 4.69) is 5.32 Å². The summed E-state index contributed by atoms with van der Waals surface area (Å²) < 4.78 is 5.00. The van der Waals surface area contributed by atoms with Gasteiger partial charge in [-0.05, 0) is 30.3 Å². The van der Waals surface area contributed by atoms with Crippen molar-refractivity contribution in [2.75, 3.05) is 6.54 Å². The van der Waals surface area contributed by atoms with Crippen LogP contribution in [0.3, 0.4) is 0 Å². The standard InChI is InChI=1S/C13H12ClNO4/c14-8-3-4-10(16)9(6-8)13(18)15-7-11(17)12-2-1-5-19-12/h1-6,11,16-17H,7H2,(H,15,18). The van der Waals surface area contributed by atoms with Gasteiger partial charge in [0, 0.05) is 5.02 Å². The van der Waals surface area contributed by atoms with Gasteiger partial charge in [0.15, 0.2) is 0 Å². The molecule has 1 amide bonds. The third-order valence-electron chi connectivity index (χ3n) is 2.53. The highest BCUT2D eigenvalue weighted by Crippen LogP contribution is 2.21. The van der Waals surface area contributed by atoms with Crippen molar-refractivity contribution in [2.24, 2.45) is 0 Å². The Bertz CT molecular complexity index is 568. The fourth-order valence-electron chi connectivity index (χ4n) is 1.56. The molecule has 19 heavy (non-hydrogen) atoms. The first-order valence-corrected chi connectivity index (χ1v) is 5.94. The second kappa shape index (κ2) is 5.77. The molecule has 0 radical (unpaired) electrons. The number of hydrogen-bond acceptors (Lipinski definition) is 4. The zero-order chi connectivity index (χ0) is 13.8. The van der Waals surface area contributed by atoms with Crippen molar-refractivity contribution in [2.45, 2.75) is 6.10 Å². The summed E-state index contributed by atoms with van der Waals surface area (Å²) in [5.41, 5.74) is 0.0548. The van der Waals surface area contributed by atoms with Crippen LogP contribution in [0, 0.1) is 0 Å². The van der Waals surface area contributed by atoms with Crippen LogP contribution < -0.4 is 5.32 Å². The number of amides is 1. The molecule has 0 spiro atoms. The van der Waals surface area contributed by atoms with Crippen molar-refractivity contribution in [3.05, 3.63) is 52.9 Å². The lowest BCUT2D eigenvalue weighted by atomic mass is 10.2. The van der Waals surface area contributed by atoms with Gasteiger partial charge < -0.3 is 19.9 Å². The Balaban J connectivity index is 2.00. The Labute approximate surface area is 114 Å². The molecule has 1 aromatic heterocycles. The van der Waals surface area contributed by atoms with Gasteiger partial charge in [-0.3, -0.25) is 4.79 Å². The Morgan fingerprint density at radius 3 is 2.89 bits per heavy atom. The Morgan fingerprint density at radius 2 is 2.21 bits per heavy atom. The first kappa shape index (κ1) is 13.5. The van der Waals surface area contributed by atoms with E-state index in [4.69, 9.17) is 16.0 Å². The van der Waals surface area contributed by atoms with E-state index in [9.17, 15) is 15.0 Å². The molecular formula is C13H12ClNO4. The highest BCUT2D eigenvalue weighted by atomic mass is 35.5. The molecule has 0 aliphatic rings. The first-order valence-electron chi connectivity index (χ1n) is 5.56. The largest absolute Gasteiger partial charge is 0.507 e. The molecule has 1 aromatic carbocycles. The maximum atomic E-state index is 11.8. The second-order valence-corrected chi connectivity index (χ2v) is 4.34. The molecule has 3 N–H and O–H groups in total. The molecule has 0 saturated heterocycles. The summed E-state index contributed by atoms with van der Waals surface area (Å²) in [6.07, 6.45) is 0.490. The minimum atomic E-state index is -0.944. The van der Waals surface area contributed by atoms with Gasteiger partial charge >= 0.3 is 0 Å². The molecule has 5 nitrogen and oxygen atoms in total. The summed E-state index contributed by atoms with van der Waals surface area (Å²) in [5.74, 6) is -0.337. The number of halogens is 1. The number of aliphatic hydroxyl groups is 1. The number of carbonyl (C=O) groups is 1. The van der Waals surface area contributed by atoms with Gasteiger partial charge in [-0.2, -0.15) is 0 Å². The van der Waals surface area contributed by atoms with Crippen LogP contribution in [-0.2, 0) is 0 Å². The zero-order valence-corrected chi connectivity index (χ0v) is 10.6. The van der Waals surface area contributed by atoms with E-state index in [-0.39, 0.29) is 17.9 Å². The van der Waals surface area contributed by atoms with E-state index in [1.165, 1.54) is 24.5 Å². The molecule has 1 atom stereocenters. The van der Waals surface area contributed by atoms with E-state index in [0.29, 0.717) is 10.8 Å². The van der Waals surface area contributed by atoms with Crippen LogP contribution in [0.15, 0.2) is 41.0 Å². The third kappa shape index (κ3) is 3.27. The first-order chi connectivity index (χ1) is 9.08. The van der Waals surface area contributed by atoms with E-state index in [1.807, 2.05) is 0 Å². The summed E-state index contributed by atoms with van der Waals surface area (Å²) in [4.78, 5) is 11.8. The van der Waals surface area contributed by atoms with Crippen molar-refractivity contribution in [3.63, 3.8) is 0 Å². The fraction of sp³-hybridized carbons (Fsp3) is 0.154. The summed E-state index contributed by atoms with van der Waals surface area (Å²) in [5, 5.41) is 22.1. The number of aliphatic hydroxyl groups excluding tert-OH is 1. The smallest absolute Gasteiger partial charge is 0.255 e. The van der Waals surface area contributed by atoms with Gasteiger partial charge in [0.2, 0.25) is 0 Å². The molecule has 0 aliphatic heterocycles. The number of nitrogens with one attached hydrogen (secondary N) is 1. The second-order valence-electron chi connectivity index (χ2n) is 3.90. The van der Waals surface area contributed by atoms with Crippen molar-refractivity contribution >= 4 is 17.5 Å². The summed E-state index contributed by atoms with van der Waals surface area (Å²) in [6, 6.07) is 7.41. The van der Waals surface area contributed by atoms with Crippen LogP contribution in [0.2, 0.25) is 5.02 Å². The topological polar surface area (TPSA) is 82.7 Å². The lowest BCUT2D eigenvalue weighted by Gasteiger charge is -2.10. The molecule has 2 rings (SSSR count). The Hall–Kier alpha value is -1.98. The maximum Gasteiger partial charge on any atom is 0.255 e. The fourth-order valence-corrected chi connectivity index (χ4v) is 1.73. The van der Waals surface area contributed by atoms with Gasteiger partial charge in [-0.15, -0.1) is 0 Å². The Morgan fingerprint density at radius 1 is 1.42 bits per heavy atom. The van der Waals surface area contributed by atoms with E-state index >= 15 is 0 Å². The van der Waals surface area contributed by atoms with Crippen molar-refractivity contribution in [1.29, 1.82) is 0 Å². The summed E-state index contributed by atoms with van der Waals surface area (Å²) in [7, 11) is 0. The van der Waals surface area contributed by atoms with Gasteiger partial charge in [0.25, 0.3) is 5.91 Å². The van der Waals surface area contributed by atoms with Gasteiger partial charge in [0.05, 0.1) is 18.4 Å². The lowest BCUT2D eigenvalue weighted by molar-refractivity contribution is 0.0898. The van der Waals surface area contributed by atoms with Gasteiger partial charge in [0.1, 0.15) is 17.6 Å². The van der Waals surface area contributed by atoms with Gasteiger partial charge in [-0.25, -0.2) is 0 Å². The molecule has 1 heterocycles. The summed E-state index contributed by atoms with van der Waals surface area (Å²) in [6.45, 7) is -0.0295. The van der Waals surface area contributed by atoms with Crippen LogP contribution in [0.1, 0.15) is 22.2 Å². The predicted molar refractivity (Wildman–Crippen MR) is 69.1 cm³/mol. The number of carbonyl (C=O) groups excluding carboxylic acids is 1. The highest BCUT2D eigenvalue weighted by Gasteiger charge is 2.15. The summed E-state index contributed by atoms with van der Waals surface area (Å²) >= 11 is 5.75. The molecule has 0 saturated carbocycles. The normalized spacial score (nSPS) is 12.1. The lowest BCUT2D eigenvalue weighted by Crippen LogP contribution is -2.28. The van der Waals surface area contributed by atoms with E-state index < -0.39 is 12.0 Å². The van der Waals surface area contributed by atoms with Crippen LogP contribution in [-0.4, -0.2) is 22.7 Å². The number of rotatable bonds is 4. The quantitative estimate of drug-likeness (QED) is 0.801. The van der Waals surface area contributed by atoms with Gasteiger partial charge in [-0.1, -0.05) is 11.6 Å². The van der Waals surface area contributed by atoms with Crippen molar-refractivity contribution in [1.82, 2.24) is 5.32 Å². The van der Waals surface area contributed by atoms with Crippen LogP contribution >= 0.6 is 11.6 Å². The maximum absolute atomic E-state index is 11.8. The molecular weight excluding hydrogens is 270 g/mol. The SMILES string of the molecule is O=C(NCC(O)c1ccco1)c1cc(Cl)ccc1O. The molecule has 0 fully saturated rings. The third-order valence-corrected chi connectivity index (χ3v) is 2.77. The van der Waals surface area contributed by atoms with Crippen LogP contribution in [0.4, 0.5) is 0 Å². The highest BCUT2D eigenvalue weighted by molar-refractivity contribution is 6.31. The molecule has 1 unspecified atom stereocenters. The zero-order valence-electron chi connectivity index (χ0n) is 9.84. The predicted octanol–water partition coefficient (Wildman–Crippen LogP) is 2.10. The molecule has 2 aromatic rings. The van der Waals surface area contributed by atoms with Crippen LogP contribution in [0.25, 0.3) is 0 Å². The minimum Gasteiger partial charge on any atom is -0.507 e. The van der Waals surface area contributed by atoms with E-state index in [0.717, 1.165) is 0 Å². The number of phenols is 1. The molecule has 0 aliphatic carbocycles. The van der Waals surface area contributed by atoms with Crippen molar-refractivity contribution < 1.29 is 19.4 Å². The number of benzene rings is 1.